The lowest BCUT2D eigenvalue weighted by Crippen LogP contribution is -2.42. The normalized spacial score (nSPS) is 18.8. The van der Waals surface area contributed by atoms with Crippen molar-refractivity contribution in [3.63, 3.8) is 0 Å². The van der Waals surface area contributed by atoms with Crippen molar-refractivity contribution in [2.24, 2.45) is 0 Å². The molecule has 0 aromatic heterocycles. The molecule has 1 nitrogen and oxygen atoms in total. The van der Waals surface area contributed by atoms with Gasteiger partial charge in [-0.1, -0.05) is 50.8 Å². The molecule has 0 unspecified atom stereocenters. The smallest absolute Gasteiger partial charge is 0.124 e. The van der Waals surface area contributed by atoms with Crippen molar-refractivity contribution >= 4 is 11.6 Å². The van der Waals surface area contributed by atoms with Crippen molar-refractivity contribution < 1.29 is 4.39 Å². The summed E-state index contributed by atoms with van der Waals surface area (Å²) in [5.74, 6) is -0.253. The molecule has 0 radical (unpaired) electrons. The largest absolute Gasteiger partial charge is 0.314 e. The number of hydrogen-bond donors (Lipinski definition) is 1. The van der Waals surface area contributed by atoms with Crippen LogP contribution in [-0.2, 0) is 5.41 Å². The van der Waals surface area contributed by atoms with Gasteiger partial charge in [0.25, 0.3) is 0 Å². The first kappa shape index (κ1) is 14.8. The van der Waals surface area contributed by atoms with E-state index in [1.54, 1.807) is 0 Å². The van der Waals surface area contributed by atoms with Gasteiger partial charge in [-0.05, 0) is 30.5 Å². The Bertz CT molecular complexity index is 425. The highest BCUT2D eigenvalue weighted by molar-refractivity contribution is 6.31. The summed E-state index contributed by atoms with van der Waals surface area (Å²) in [4.78, 5) is 0. The van der Waals surface area contributed by atoms with Gasteiger partial charge in [-0.3, -0.25) is 0 Å². The zero-order valence-electron chi connectivity index (χ0n) is 11.8. The molecule has 1 fully saturated rings. The number of halogens is 2. The van der Waals surface area contributed by atoms with E-state index in [0.717, 1.165) is 24.9 Å². The second-order valence-corrected chi connectivity index (χ2v) is 6.41. The maximum absolute atomic E-state index is 13.3. The molecule has 1 N–H and O–H groups in total. The Kier molecular flexibility index (Phi) is 4.86. The fraction of sp³-hybridized carbons (Fsp3) is 0.625. The number of rotatable bonds is 4. The molecular weight excluding hydrogens is 261 g/mol. The quantitative estimate of drug-likeness (QED) is 0.846. The Labute approximate surface area is 120 Å². The molecule has 0 heterocycles. The fourth-order valence-electron chi connectivity index (χ4n) is 3.09. The van der Waals surface area contributed by atoms with Crippen LogP contribution in [0, 0.1) is 5.82 Å². The molecule has 1 aliphatic carbocycles. The van der Waals surface area contributed by atoms with Gasteiger partial charge >= 0.3 is 0 Å². The zero-order valence-corrected chi connectivity index (χ0v) is 12.6. The maximum Gasteiger partial charge on any atom is 0.124 e. The maximum atomic E-state index is 13.3. The van der Waals surface area contributed by atoms with Crippen molar-refractivity contribution in [2.45, 2.75) is 57.4 Å². The van der Waals surface area contributed by atoms with E-state index in [0.29, 0.717) is 11.1 Å². The summed E-state index contributed by atoms with van der Waals surface area (Å²) in [6.45, 7) is 5.24. The Morgan fingerprint density at radius 2 is 1.95 bits per heavy atom. The van der Waals surface area contributed by atoms with Crippen molar-refractivity contribution in [2.75, 3.05) is 6.54 Å². The molecule has 3 heteroatoms. The van der Waals surface area contributed by atoms with E-state index < -0.39 is 0 Å². The van der Waals surface area contributed by atoms with Crippen LogP contribution in [0.2, 0.25) is 5.02 Å². The van der Waals surface area contributed by atoms with Gasteiger partial charge in [-0.15, -0.1) is 0 Å². The highest BCUT2D eigenvalue weighted by Crippen LogP contribution is 2.42. The monoisotopic (exact) mass is 283 g/mol. The topological polar surface area (TPSA) is 12.0 Å². The second-order valence-electron chi connectivity index (χ2n) is 6.00. The van der Waals surface area contributed by atoms with E-state index in [1.807, 2.05) is 6.07 Å². The van der Waals surface area contributed by atoms with Gasteiger partial charge in [-0.25, -0.2) is 4.39 Å². The molecular formula is C16H23ClFN. The van der Waals surface area contributed by atoms with Gasteiger partial charge in [0.2, 0.25) is 0 Å². The van der Waals surface area contributed by atoms with Crippen molar-refractivity contribution in [3.8, 4) is 0 Å². The van der Waals surface area contributed by atoms with Gasteiger partial charge in [0, 0.05) is 23.0 Å². The molecule has 0 bridgehead atoms. The second kappa shape index (κ2) is 6.23. The SMILES string of the molecule is CC(C)NCC1(c2ccc(F)cc2Cl)CCCCC1. The van der Waals surface area contributed by atoms with Crippen LogP contribution < -0.4 is 5.32 Å². The highest BCUT2D eigenvalue weighted by atomic mass is 35.5. The van der Waals surface area contributed by atoms with Gasteiger partial charge in [0.1, 0.15) is 5.82 Å². The predicted molar refractivity (Wildman–Crippen MR) is 79.3 cm³/mol. The van der Waals surface area contributed by atoms with E-state index in [2.05, 4.69) is 19.2 Å². The van der Waals surface area contributed by atoms with Crippen LogP contribution in [0.25, 0.3) is 0 Å². The third kappa shape index (κ3) is 3.49. The molecule has 2 rings (SSSR count). The number of hydrogen-bond acceptors (Lipinski definition) is 1. The predicted octanol–water partition coefficient (Wildman–Crippen LogP) is 4.68. The van der Waals surface area contributed by atoms with Crippen molar-refractivity contribution in [3.05, 3.63) is 34.6 Å². The standard InChI is InChI=1S/C16H23ClFN/c1-12(2)19-11-16(8-4-3-5-9-16)14-7-6-13(18)10-15(14)17/h6-7,10,12,19H,3-5,8-9,11H2,1-2H3. The minimum Gasteiger partial charge on any atom is -0.314 e. The molecule has 1 aliphatic rings. The van der Waals surface area contributed by atoms with E-state index >= 15 is 0 Å². The minimum absolute atomic E-state index is 0.0767. The first-order chi connectivity index (χ1) is 9.03. The Hall–Kier alpha value is -0.600. The van der Waals surface area contributed by atoms with E-state index in [9.17, 15) is 4.39 Å². The van der Waals surface area contributed by atoms with E-state index in [1.165, 1.54) is 31.4 Å². The van der Waals surface area contributed by atoms with Crippen LogP contribution in [0.3, 0.4) is 0 Å². The fourth-order valence-corrected chi connectivity index (χ4v) is 3.46. The average Bonchev–Trinajstić information content (AvgIpc) is 2.37. The highest BCUT2D eigenvalue weighted by Gasteiger charge is 2.35. The molecule has 19 heavy (non-hydrogen) atoms. The Morgan fingerprint density at radius 3 is 2.53 bits per heavy atom. The molecule has 0 saturated heterocycles. The summed E-state index contributed by atoms with van der Waals surface area (Å²) in [7, 11) is 0. The summed E-state index contributed by atoms with van der Waals surface area (Å²) < 4.78 is 13.3. The molecule has 1 aromatic rings. The summed E-state index contributed by atoms with van der Waals surface area (Å²) in [6, 6.07) is 5.32. The molecule has 1 saturated carbocycles. The van der Waals surface area contributed by atoms with Gasteiger partial charge in [0.15, 0.2) is 0 Å². The Balaban J connectivity index is 2.30. The van der Waals surface area contributed by atoms with Crippen LogP contribution in [0.5, 0.6) is 0 Å². The van der Waals surface area contributed by atoms with Crippen molar-refractivity contribution in [1.82, 2.24) is 5.32 Å². The lowest BCUT2D eigenvalue weighted by atomic mass is 9.69. The first-order valence-electron chi connectivity index (χ1n) is 7.22. The average molecular weight is 284 g/mol. The van der Waals surface area contributed by atoms with E-state index in [-0.39, 0.29) is 11.2 Å². The van der Waals surface area contributed by atoms with E-state index in [4.69, 9.17) is 11.6 Å². The number of nitrogens with one attached hydrogen (secondary N) is 1. The summed E-state index contributed by atoms with van der Waals surface area (Å²) in [6.07, 6.45) is 6.03. The van der Waals surface area contributed by atoms with Gasteiger partial charge in [-0.2, -0.15) is 0 Å². The van der Waals surface area contributed by atoms with Crippen LogP contribution in [0.1, 0.15) is 51.5 Å². The lowest BCUT2D eigenvalue weighted by Gasteiger charge is -2.39. The molecule has 0 aliphatic heterocycles. The van der Waals surface area contributed by atoms with Crippen LogP contribution in [0.15, 0.2) is 18.2 Å². The first-order valence-corrected chi connectivity index (χ1v) is 7.60. The van der Waals surface area contributed by atoms with Crippen LogP contribution >= 0.6 is 11.6 Å². The number of benzene rings is 1. The zero-order chi connectivity index (χ0) is 13.9. The lowest BCUT2D eigenvalue weighted by molar-refractivity contribution is 0.273. The molecule has 1 aromatic carbocycles. The minimum atomic E-state index is -0.253. The Morgan fingerprint density at radius 1 is 1.26 bits per heavy atom. The summed E-state index contributed by atoms with van der Waals surface area (Å²) in [5.41, 5.74) is 1.19. The van der Waals surface area contributed by atoms with Gasteiger partial charge in [0.05, 0.1) is 0 Å². The third-order valence-corrected chi connectivity index (χ3v) is 4.47. The molecule has 0 spiro atoms. The summed E-state index contributed by atoms with van der Waals surface area (Å²) in [5, 5.41) is 4.12. The van der Waals surface area contributed by atoms with Crippen LogP contribution in [-0.4, -0.2) is 12.6 Å². The summed E-state index contributed by atoms with van der Waals surface area (Å²) >= 11 is 6.30. The molecule has 106 valence electrons. The van der Waals surface area contributed by atoms with Gasteiger partial charge < -0.3 is 5.32 Å². The molecule has 0 atom stereocenters. The van der Waals surface area contributed by atoms with Crippen LogP contribution in [0.4, 0.5) is 4.39 Å². The third-order valence-electron chi connectivity index (χ3n) is 4.16. The molecule has 0 amide bonds. The van der Waals surface area contributed by atoms with Crippen molar-refractivity contribution in [1.29, 1.82) is 0 Å².